The van der Waals surface area contributed by atoms with E-state index in [0.717, 1.165) is 41.3 Å². The van der Waals surface area contributed by atoms with Crippen LogP contribution in [0.1, 0.15) is 16.9 Å². The first-order valence-electron chi connectivity index (χ1n) is 10.7. The number of benzene rings is 1. The van der Waals surface area contributed by atoms with Gasteiger partial charge in [-0.15, -0.1) is 11.3 Å². The van der Waals surface area contributed by atoms with Gasteiger partial charge in [0, 0.05) is 47.5 Å². The average Bonchev–Trinajstić information content (AvgIpc) is 3.39. The quantitative estimate of drug-likeness (QED) is 0.335. The molecule has 1 amide bonds. The molecule has 0 unspecified atom stereocenters. The minimum Gasteiger partial charge on any atom is -0.407 e. The zero-order valence-electron chi connectivity index (χ0n) is 18.6. The summed E-state index contributed by atoms with van der Waals surface area (Å²) in [5, 5.41) is 11.0. The third-order valence-electron chi connectivity index (χ3n) is 5.50. The van der Waals surface area contributed by atoms with E-state index in [1.54, 1.807) is 5.38 Å². The number of carbonyl (C=O) groups is 1. The molecule has 3 aromatic heterocycles. The average molecular weight is 496 g/mol. The van der Waals surface area contributed by atoms with Gasteiger partial charge in [-0.1, -0.05) is 17.7 Å². The third-order valence-corrected chi connectivity index (χ3v) is 6.67. The van der Waals surface area contributed by atoms with Gasteiger partial charge in [0.2, 0.25) is 5.95 Å². The summed E-state index contributed by atoms with van der Waals surface area (Å²) < 4.78 is 7.51. The highest BCUT2D eigenvalue weighted by atomic mass is 35.5. The largest absolute Gasteiger partial charge is 0.412 e. The fourth-order valence-corrected chi connectivity index (χ4v) is 4.68. The Labute approximate surface area is 205 Å². The minimum absolute atomic E-state index is 0.339. The van der Waals surface area contributed by atoms with Crippen LogP contribution in [-0.2, 0) is 13.0 Å². The molecule has 0 saturated heterocycles. The number of anilines is 4. The number of aromatic nitrogens is 4. The van der Waals surface area contributed by atoms with Gasteiger partial charge in [0.1, 0.15) is 10.8 Å². The topological polar surface area (TPSA) is 106 Å². The molecule has 3 N–H and O–H groups in total. The smallest absolute Gasteiger partial charge is 0.407 e. The Balaban J connectivity index is 1.41. The summed E-state index contributed by atoms with van der Waals surface area (Å²) in [4.78, 5) is 26.0. The maximum absolute atomic E-state index is 11.7. The van der Waals surface area contributed by atoms with Crippen molar-refractivity contribution in [1.82, 2.24) is 24.8 Å². The predicted molar refractivity (Wildman–Crippen MR) is 134 cm³/mol. The minimum atomic E-state index is -0.555. The van der Waals surface area contributed by atoms with Gasteiger partial charge in [-0.2, -0.15) is 4.98 Å². The van der Waals surface area contributed by atoms with Gasteiger partial charge in [0.25, 0.3) is 0 Å². The first-order chi connectivity index (χ1) is 16.5. The lowest BCUT2D eigenvalue weighted by Crippen LogP contribution is -2.22. The van der Waals surface area contributed by atoms with E-state index in [-0.39, 0.29) is 0 Å². The van der Waals surface area contributed by atoms with Gasteiger partial charge in [-0.25, -0.2) is 14.8 Å². The predicted octanol–water partition coefficient (Wildman–Crippen LogP) is 5.52. The van der Waals surface area contributed by atoms with Crippen LogP contribution < -0.4 is 20.7 Å². The van der Waals surface area contributed by atoms with E-state index in [2.05, 4.69) is 47.6 Å². The van der Waals surface area contributed by atoms with Crippen LogP contribution in [0.3, 0.4) is 0 Å². The molecule has 174 valence electrons. The van der Waals surface area contributed by atoms with Gasteiger partial charge in [-0.05, 0) is 37.5 Å². The van der Waals surface area contributed by atoms with Crippen molar-refractivity contribution < 1.29 is 9.53 Å². The molecular formula is C23H22ClN7O2S. The number of nitrogens with zero attached hydrogens (tertiary/aromatic N) is 4. The normalized spacial score (nSPS) is 12.3. The molecule has 0 saturated carbocycles. The van der Waals surface area contributed by atoms with Crippen molar-refractivity contribution in [3.8, 4) is 17.1 Å². The summed E-state index contributed by atoms with van der Waals surface area (Å²) in [5.41, 5.74) is 3.84. The summed E-state index contributed by atoms with van der Waals surface area (Å²) in [6, 6.07) is 6.21. The van der Waals surface area contributed by atoms with E-state index >= 15 is 0 Å². The highest BCUT2D eigenvalue weighted by Gasteiger charge is 2.18. The molecule has 5 rings (SSSR count). The van der Waals surface area contributed by atoms with Crippen LogP contribution in [0.5, 0.6) is 5.75 Å². The van der Waals surface area contributed by atoms with Crippen LogP contribution in [-0.4, -0.2) is 32.7 Å². The summed E-state index contributed by atoms with van der Waals surface area (Å²) in [5.74, 6) is 2.14. The highest BCUT2D eigenvalue weighted by Crippen LogP contribution is 2.38. The number of thiophene rings is 1. The lowest BCUT2D eigenvalue weighted by molar-refractivity contribution is 0.203. The van der Waals surface area contributed by atoms with E-state index in [9.17, 15) is 4.79 Å². The van der Waals surface area contributed by atoms with Gasteiger partial charge in [0.15, 0.2) is 11.6 Å². The van der Waals surface area contributed by atoms with Crippen molar-refractivity contribution in [2.75, 3.05) is 17.7 Å². The molecule has 0 fully saturated rings. The van der Waals surface area contributed by atoms with Crippen molar-refractivity contribution in [2.45, 2.75) is 26.3 Å². The molecule has 0 atom stereocenters. The van der Waals surface area contributed by atoms with Crippen molar-refractivity contribution in [3.05, 3.63) is 57.6 Å². The summed E-state index contributed by atoms with van der Waals surface area (Å²) in [6.45, 7) is 2.87. The lowest BCUT2D eigenvalue weighted by Gasteiger charge is -2.13. The SMILES string of the molecule is CNC(=O)Oc1csc(C)c1Nc1nc(Nc2ccc3c(c2)-c2nccn2CCC3)ncc1Cl. The summed E-state index contributed by atoms with van der Waals surface area (Å²) >= 11 is 7.82. The summed E-state index contributed by atoms with van der Waals surface area (Å²) in [7, 11) is 1.50. The standard InChI is InChI=1S/C23H22ClN7O2S/c1-13-19(18(12-34-13)33-23(32)25-2)29-20-17(24)11-27-22(30-20)28-15-6-5-14-4-3-8-31-9-7-26-21(31)16(14)10-15/h5-7,9-12H,3-4,8H2,1-2H3,(H,25,32)(H2,27,28,29,30). The van der Waals surface area contributed by atoms with E-state index in [1.807, 2.05) is 25.4 Å². The molecular weight excluding hydrogens is 474 g/mol. The Morgan fingerprint density at radius 2 is 2.15 bits per heavy atom. The van der Waals surface area contributed by atoms with Crippen molar-refractivity contribution in [1.29, 1.82) is 0 Å². The second-order valence-corrected chi connectivity index (χ2v) is 9.22. The van der Waals surface area contributed by atoms with Crippen molar-refractivity contribution >= 4 is 52.2 Å². The molecule has 1 aliphatic heterocycles. The van der Waals surface area contributed by atoms with E-state index in [1.165, 1.54) is 30.1 Å². The van der Waals surface area contributed by atoms with E-state index in [4.69, 9.17) is 16.3 Å². The maximum Gasteiger partial charge on any atom is 0.412 e. The molecule has 4 aromatic rings. The molecule has 1 aliphatic rings. The number of amides is 1. The molecule has 0 bridgehead atoms. The Bertz CT molecular complexity index is 1370. The number of rotatable bonds is 5. The highest BCUT2D eigenvalue weighted by molar-refractivity contribution is 7.10. The van der Waals surface area contributed by atoms with Gasteiger partial charge < -0.3 is 25.3 Å². The van der Waals surface area contributed by atoms with Crippen molar-refractivity contribution in [2.24, 2.45) is 0 Å². The Morgan fingerprint density at radius 3 is 3.00 bits per heavy atom. The van der Waals surface area contributed by atoms with Crippen LogP contribution in [0, 0.1) is 6.92 Å². The fourth-order valence-electron chi connectivity index (χ4n) is 3.83. The Morgan fingerprint density at radius 1 is 1.26 bits per heavy atom. The van der Waals surface area contributed by atoms with Gasteiger partial charge in [0.05, 0.1) is 11.9 Å². The van der Waals surface area contributed by atoms with Gasteiger partial charge in [-0.3, -0.25) is 0 Å². The second kappa shape index (κ2) is 9.32. The second-order valence-electron chi connectivity index (χ2n) is 7.73. The molecule has 0 radical (unpaired) electrons. The number of fused-ring (bicyclic) bond motifs is 3. The zero-order chi connectivity index (χ0) is 23.7. The molecule has 0 spiro atoms. The number of hydrogen-bond donors (Lipinski definition) is 3. The number of ether oxygens (including phenoxy) is 1. The first kappa shape index (κ1) is 22.2. The molecule has 1 aromatic carbocycles. The molecule has 0 aliphatic carbocycles. The first-order valence-corrected chi connectivity index (χ1v) is 12.0. The number of imidazole rings is 1. The van der Waals surface area contributed by atoms with Crippen molar-refractivity contribution in [3.63, 3.8) is 0 Å². The number of aryl methyl sites for hydroxylation is 3. The number of halogens is 1. The summed E-state index contributed by atoms with van der Waals surface area (Å²) in [6.07, 6.45) is 6.90. The Hall–Kier alpha value is -3.63. The fraction of sp³-hybridized carbons (Fsp3) is 0.217. The van der Waals surface area contributed by atoms with Gasteiger partial charge >= 0.3 is 6.09 Å². The molecule has 9 nitrogen and oxygen atoms in total. The van der Waals surface area contributed by atoms with Crippen LogP contribution in [0.25, 0.3) is 11.4 Å². The number of nitrogens with one attached hydrogen (secondary N) is 3. The van der Waals surface area contributed by atoms with E-state index < -0.39 is 6.09 Å². The van der Waals surface area contributed by atoms with Crippen LogP contribution >= 0.6 is 22.9 Å². The Kier molecular flexibility index (Phi) is 6.08. The van der Waals surface area contributed by atoms with Crippen LogP contribution in [0.2, 0.25) is 5.02 Å². The lowest BCUT2D eigenvalue weighted by atomic mass is 10.0. The number of hydrogen-bond acceptors (Lipinski definition) is 8. The molecule has 4 heterocycles. The number of carbonyl (C=O) groups excluding carboxylic acids is 1. The van der Waals surface area contributed by atoms with Crippen LogP contribution in [0.15, 0.2) is 42.2 Å². The molecule has 34 heavy (non-hydrogen) atoms. The monoisotopic (exact) mass is 495 g/mol. The zero-order valence-corrected chi connectivity index (χ0v) is 20.1. The molecule has 11 heteroatoms. The maximum atomic E-state index is 11.7. The third kappa shape index (κ3) is 4.42. The van der Waals surface area contributed by atoms with Crippen LogP contribution in [0.4, 0.5) is 27.9 Å². The van der Waals surface area contributed by atoms with E-state index in [0.29, 0.717) is 28.2 Å².